The minimum atomic E-state index is 0.218. The molecule has 0 aliphatic carbocycles. The molecule has 0 fully saturated rings. The van der Waals surface area contributed by atoms with E-state index in [4.69, 9.17) is 29.4 Å². The topological polar surface area (TPSA) is 133 Å². The minimum Gasteiger partial charge on any atom is -0.484 e. The van der Waals surface area contributed by atoms with E-state index in [2.05, 4.69) is 226 Å². The molecule has 5 aromatic carbocycles. The fourth-order valence-electron chi connectivity index (χ4n) is 11.3. The number of rotatable bonds is 10. The predicted molar refractivity (Wildman–Crippen MR) is 335 cm³/mol. The summed E-state index contributed by atoms with van der Waals surface area (Å²) in [6.07, 6.45) is 16.5. The predicted octanol–water partition coefficient (Wildman–Crippen LogP) is 17.5. The lowest BCUT2D eigenvalue weighted by atomic mass is 10.0. The van der Waals surface area contributed by atoms with Gasteiger partial charge in [0.15, 0.2) is 11.5 Å². The molecule has 15 rings (SSSR count). The van der Waals surface area contributed by atoms with Crippen molar-refractivity contribution in [2.24, 2.45) is 0 Å². The molecule has 82 heavy (non-hydrogen) atoms. The van der Waals surface area contributed by atoms with E-state index < -0.39 is 0 Å². The highest BCUT2D eigenvalue weighted by molar-refractivity contribution is 5.97. The van der Waals surface area contributed by atoms with Gasteiger partial charge < -0.3 is 29.4 Å². The van der Waals surface area contributed by atoms with Crippen molar-refractivity contribution < 1.29 is 9.47 Å². The normalized spacial score (nSPS) is 12.3. The Balaban J connectivity index is 0.870. The van der Waals surface area contributed by atoms with Gasteiger partial charge in [-0.1, -0.05) is 146 Å². The van der Waals surface area contributed by atoms with E-state index in [1.807, 2.05) is 48.6 Å². The Hall–Kier alpha value is -11.1. The molecule has 6 aromatic heterocycles. The third-order valence-electron chi connectivity index (χ3n) is 15.2. The molecule has 4 aliphatic rings. The van der Waals surface area contributed by atoms with Gasteiger partial charge in [-0.3, -0.25) is 0 Å². The highest BCUT2D eigenvalue weighted by atomic mass is 16.5. The third-order valence-corrected chi connectivity index (χ3v) is 15.2. The highest BCUT2D eigenvalue weighted by Crippen LogP contribution is 2.39. The Labute approximate surface area is 471 Å². The molecule has 0 unspecified atom stereocenters. The van der Waals surface area contributed by atoms with Crippen LogP contribution < -0.4 is 9.47 Å². The van der Waals surface area contributed by atoms with Crippen molar-refractivity contribution in [3.63, 3.8) is 0 Å². The molecule has 0 atom stereocenters. The Morgan fingerprint density at radius 1 is 0.268 bits per heavy atom. The van der Waals surface area contributed by atoms with Crippen molar-refractivity contribution in [3.05, 3.63) is 263 Å². The fraction of sp³-hybridized carbons (Fsp3) is 0.0278. The first-order valence-electron chi connectivity index (χ1n) is 27.4. The first-order chi connectivity index (χ1) is 40.6. The third kappa shape index (κ3) is 9.19. The summed E-state index contributed by atoms with van der Waals surface area (Å²) < 4.78 is 14.3. The van der Waals surface area contributed by atoms with E-state index in [0.29, 0.717) is 22.9 Å². The molecule has 0 saturated carbocycles. The lowest BCUT2D eigenvalue weighted by molar-refractivity contribution is 0.287. The summed E-state index contributed by atoms with van der Waals surface area (Å²) in [7, 11) is 0. The average molecular weight is 1060 g/mol. The minimum absolute atomic E-state index is 0.218. The maximum atomic E-state index is 7.13. The fourth-order valence-corrected chi connectivity index (χ4v) is 11.3. The lowest BCUT2D eigenvalue weighted by Gasteiger charge is -2.13. The number of hydrogen-bond donors (Lipinski definition) is 4. The quantitative estimate of drug-likeness (QED) is 0.108. The van der Waals surface area contributed by atoms with Crippen LogP contribution in [-0.4, -0.2) is 39.9 Å². The molecular formula is C72H50N8O2. The van der Waals surface area contributed by atoms with Gasteiger partial charge in [0.1, 0.15) is 24.6 Å². The van der Waals surface area contributed by atoms with Crippen molar-refractivity contribution in [1.82, 2.24) is 39.9 Å². The first kappa shape index (κ1) is 48.1. The van der Waals surface area contributed by atoms with Crippen LogP contribution in [0.15, 0.2) is 206 Å². The van der Waals surface area contributed by atoms with Crippen molar-refractivity contribution in [2.45, 2.75) is 13.2 Å². The summed E-state index contributed by atoms with van der Waals surface area (Å²) in [4.78, 5) is 36.0. The summed E-state index contributed by atoms with van der Waals surface area (Å²) in [6.45, 7) is 0.435. The lowest BCUT2D eigenvalue weighted by Crippen LogP contribution is -2.05. The first-order valence-corrected chi connectivity index (χ1v) is 27.4. The largest absolute Gasteiger partial charge is 0.484 e. The molecular weight excluding hydrogens is 1010 g/mol. The molecule has 10 heteroatoms. The van der Waals surface area contributed by atoms with Gasteiger partial charge in [-0.05, 0) is 143 Å². The molecule has 4 N–H and O–H groups in total. The Kier molecular flexibility index (Phi) is 12.1. The monoisotopic (exact) mass is 1060 g/mol. The van der Waals surface area contributed by atoms with Gasteiger partial charge in [-0.2, -0.15) is 0 Å². The van der Waals surface area contributed by atoms with Gasteiger partial charge in [0.2, 0.25) is 0 Å². The van der Waals surface area contributed by atoms with Crippen LogP contribution in [0, 0.1) is 0 Å². The van der Waals surface area contributed by atoms with Gasteiger partial charge in [0.05, 0.1) is 45.2 Å². The van der Waals surface area contributed by atoms with E-state index >= 15 is 0 Å². The molecule has 10 nitrogen and oxygen atoms in total. The summed E-state index contributed by atoms with van der Waals surface area (Å²) in [6, 6.07) is 70.7. The van der Waals surface area contributed by atoms with Gasteiger partial charge >= 0.3 is 0 Å². The van der Waals surface area contributed by atoms with Crippen molar-refractivity contribution >= 4 is 92.7 Å². The molecule has 10 heterocycles. The number of aromatic nitrogens is 8. The van der Waals surface area contributed by atoms with Crippen molar-refractivity contribution in [1.29, 1.82) is 0 Å². The van der Waals surface area contributed by atoms with Crippen LogP contribution in [0.2, 0.25) is 0 Å². The summed E-state index contributed by atoms with van der Waals surface area (Å²) in [5.74, 6) is 1.20. The van der Waals surface area contributed by atoms with E-state index in [9.17, 15) is 0 Å². The number of ether oxygens (including phenoxy) is 2. The van der Waals surface area contributed by atoms with Crippen molar-refractivity contribution in [3.8, 4) is 56.0 Å². The van der Waals surface area contributed by atoms with E-state index in [-0.39, 0.29) is 13.2 Å². The molecule has 390 valence electrons. The van der Waals surface area contributed by atoms with Gasteiger partial charge in [-0.15, -0.1) is 0 Å². The molecule has 0 saturated heterocycles. The summed E-state index contributed by atoms with van der Waals surface area (Å²) >= 11 is 0. The molecule has 11 aromatic rings. The zero-order valence-electron chi connectivity index (χ0n) is 44.3. The van der Waals surface area contributed by atoms with E-state index in [0.717, 1.165) is 134 Å². The van der Waals surface area contributed by atoms with Gasteiger partial charge in [-0.25, -0.2) is 19.9 Å². The van der Waals surface area contributed by atoms with Gasteiger partial charge in [0, 0.05) is 55.4 Å². The second kappa shape index (κ2) is 20.6. The molecule has 0 spiro atoms. The van der Waals surface area contributed by atoms with Crippen LogP contribution in [0.4, 0.5) is 0 Å². The molecule has 0 amide bonds. The maximum absolute atomic E-state index is 7.13. The Bertz CT molecular complexity index is 4420. The zero-order valence-corrected chi connectivity index (χ0v) is 44.3. The van der Waals surface area contributed by atoms with Crippen LogP contribution in [0.25, 0.3) is 137 Å². The number of fused-ring (bicyclic) bond motifs is 16. The molecule has 0 radical (unpaired) electrons. The van der Waals surface area contributed by atoms with Crippen LogP contribution in [0.5, 0.6) is 11.5 Å². The second-order valence-electron chi connectivity index (χ2n) is 20.4. The number of hydrogen-bond acceptors (Lipinski definition) is 6. The number of nitrogens with one attached hydrogen (secondary N) is 4. The van der Waals surface area contributed by atoms with E-state index in [1.54, 1.807) is 0 Å². The summed E-state index contributed by atoms with van der Waals surface area (Å²) in [5, 5.41) is 0. The zero-order chi connectivity index (χ0) is 54.3. The standard InChI is InChI=1S/C72H50N8O2/c1-5-15-45(16-6-1)67-55-29-25-51(73-55)41-52-26-30-56(74-52)68(46-17-7-2-8-18-46)60-34-38-64(78-60)71(63-37-33-59(67)77-63)81-43-49-23-13-14-24-50(49)44-82-72-65-39-35-61(79-65)69(47-19-9-3-10-20-47)57-31-27-53(75-57)42-54-28-32-58(76-54)70(48-21-11-4-12-22-48)62-36-40-66(72)80-62/h1-42,73,75,78,80H,43-44H2. The number of aromatic amines is 4. The molecule has 16 bridgehead atoms. The molecule has 4 aliphatic heterocycles. The number of H-pyrrole nitrogens is 4. The number of benzene rings is 5. The SMILES string of the molecule is C1=Cc2nc1cc1ccc([nH]1)c(-c1ccccc1)c1nc(c(OCc3ccccc3COc3c4nc(c(-c5ccccc5)c5ccc(cc6nc(c(-c7ccccc7)c7ccc3[nH]7)C=C6)[nH]5)C=C4)c3ccc([nH]3)c2-c2ccccc2)C=C1. The number of nitrogens with zero attached hydrogens (tertiary/aromatic N) is 4. The smallest absolute Gasteiger partial charge is 0.168 e. The highest BCUT2D eigenvalue weighted by Gasteiger charge is 2.20. The van der Waals surface area contributed by atoms with E-state index in [1.165, 1.54) is 0 Å². The van der Waals surface area contributed by atoms with Gasteiger partial charge in [0.25, 0.3) is 0 Å². The maximum Gasteiger partial charge on any atom is 0.168 e. The van der Waals surface area contributed by atoms with Crippen LogP contribution in [-0.2, 0) is 13.2 Å². The Morgan fingerprint density at radius 3 is 0.963 bits per heavy atom. The summed E-state index contributed by atoms with van der Waals surface area (Å²) in [5.41, 5.74) is 23.5. The van der Waals surface area contributed by atoms with Crippen molar-refractivity contribution in [2.75, 3.05) is 0 Å². The van der Waals surface area contributed by atoms with Crippen LogP contribution in [0.1, 0.15) is 56.7 Å². The second-order valence-corrected chi connectivity index (χ2v) is 20.4. The van der Waals surface area contributed by atoms with Crippen LogP contribution >= 0.6 is 0 Å². The average Bonchev–Trinajstić information content (AvgIpc) is 4.52. The van der Waals surface area contributed by atoms with Crippen LogP contribution in [0.3, 0.4) is 0 Å². The Morgan fingerprint density at radius 2 is 0.573 bits per heavy atom.